The Morgan fingerprint density at radius 2 is 1.95 bits per heavy atom. The van der Waals surface area contributed by atoms with Crippen molar-refractivity contribution < 1.29 is 9.13 Å². The van der Waals surface area contributed by atoms with Crippen LogP contribution in [0.5, 0.6) is 5.88 Å². The molecule has 0 N–H and O–H groups in total. The Bertz CT molecular complexity index is 677. The topological polar surface area (TPSA) is 35.0 Å². The molecule has 1 heterocycles. The highest BCUT2D eigenvalue weighted by Crippen LogP contribution is 2.36. The van der Waals surface area contributed by atoms with Gasteiger partial charge in [0, 0.05) is 0 Å². The molecule has 1 aliphatic carbocycles. The van der Waals surface area contributed by atoms with Gasteiger partial charge in [0.25, 0.3) is 0 Å². The Morgan fingerprint density at radius 1 is 1.25 bits per heavy atom. The summed E-state index contributed by atoms with van der Waals surface area (Å²) in [6, 6.07) is 1.59. The van der Waals surface area contributed by atoms with Crippen molar-refractivity contribution in [1.82, 2.24) is 9.97 Å². The Kier molecular flexibility index (Phi) is 4.02. The van der Waals surface area contributed by atoms with E-state index in [-0.39, 0.29) is 26.4 Å². The van der Waals surface area contributed by atoms with Crippen LogP contribution in [0.15, 0.2) is 10.5 Å². The van der Waals surface area contributed by atoms with E-state index in [0.29, 0.717) is 11.3 Å². The summed E-state index contributed by atoms with van der Waals surface area (Å²) < 4.78 is 20.2. The second kappa shape index (κ2) is 5.62. The maximum atomic E-state index is 14.2. The third kappa shape index (κ3) is 2.59. The van der Waals surface area contributed by atoms with Gasteiger partial charge in [0.05, 0.1) is 14.9 Å². The van der Waals surface area contributed by atoms with Crippen LogP contribution < -0.4 is 4.74 Å². The van der Waals surface area contributed by atoms with Gasteiger partial charge in [0.15, 0.2) is 5.82 Å². The van der Waals surface area contributed by atoms with Crippen LogP contribution in [0.1, 0.15) is 25.7 Å². The van der Waals surface area contributed by atoms with E-state index in [2.05, 4.69) is 25.9 Å². The highest BCUT2D eigenvalue weighted by molar-refractivity contribution is 9.10. The van der Waals surface area contributed by atoms with Crippen LogP contribution in [-0.2, 0) is 0 Å². The first kappa shape index (κ1) is 14.3. The summed E-state index contributed by atoms with van der Waals surface area (Å²) in [6.07, 6.45) is 4.28. The summed E-state index contributed by atoms with van der Waals surface area (Å²) in [6.45, 7) is 0. The lowest BCUT2D eigenvalue weighted by molar-refractivity contribution is 0.204. The minimum Gasteiger partial charge on any atom is -0.474 e. The molecule has 1 aliphatic rings. The van der Waals surface area contributed by atoms with Gasteiger partial charge in [-0.15, -0.1) is 0 Å². The number of hydrogen-bond acceptors (Lipinski definition) is 3. The molecule has 7 heteroatoms. The summed E-state index contributed by atoms with van der Waals surface area (Å²) >= 11 is 14.9. The molecule has 106 valence electrons. The Labute approximate surface area is 133 Å². The molecule has 0 unspecified atom stereocenters. The minimum atomic E-state index is -0.562. The second-order valence-corrected chi connectivity index (χ2v) is 6.24. The quantitative estimate of drug-likeness (QED) is 0.534. The van der Waals surface area contributed by atoms with E-state index in [4.69, 9.17) is 27.9 Å². The normalized spacial score (nSPS) is 16.0. The molecule has 0 saturated heterocycles. The summed E-state index contributed by atoms with van der Waals surface area (Å²) in [5, 5.41) is 0.641. The van der Waals surface area contributed by atoms with Gasteiger partial charge in [0.1, 0.15) is 11.6 Å². The summed E-state index contributed by atoms with van der Waals surface area (Å²) in [5.41, 5.74) is 0.106. The molecule has 3 nitrogen and oxygen atoms in total. The van der Waals surface area contributed by atoms with Crippen molar-refractivity contribution in [2.45, 2.75) is 31.8 Å². The lowest BCUT2D eigenvalue weighted by atomic mass is 10.2. The zero-order chi connectivity index (χ0) is 14.3. The van der Waals surface area contributed by atoms with Crippen LogP contribution >= 0.6 is 39.1 Å². The van der Waals surface area contributed by atoms with Crippen molar-refractivity contribution in [3.05, 3.63) is 26.7 Å². The van der Waals surface area contributed by atoms with Crippen molar-refractivity contribution in [1.29, 1.82) is 0 Å². The van der Waals surface area contributed by atoms with E-state index in [1.54, 1.807) is 6.07 Å². The van der Waals surface area contributed by atoms with E-state index in [1.807, 2.05) is 0 Å². The fraction of sp³-hybridized carbons (Fsp3) is 0.385. The van der Waals surface area contributed by atoms with Gasteiger partial charge >= 0.3 is 0 Å². The van der Waals surface area contributed by atoms with Crippen molar-refractivity contribution in [2.75, 3.05) is 0 Å². The number of fused-ring (bicyclic) bond motifs is 1. The fourth-order valence-electron chi connectivity index (χ4n) is 2.37. The van der Waals surface area contributed by atoms with Gasteiger partial charge in [-0.2, -0.15) is 4.98 Å². The summed E-state index contributed by atoms with van der Waals surface area (Å²) in [5.74, 6) is -0.270. The van der Waals surface area contributed by atoms with Crippen LogP contribution in [0.3, 0.4) is 0 Å². The van der Waals surface area contributed by atoms with Crippen LogP contribution in [0.2, 0.25) is 10.3 Å². The summed E-state index contributed by atoms with van der Waals surface area (Å²) in [7, 11) is 0. The number of ether oxygens (including phenoxy) is 1. The lowest BCUT2D eigenvalue weighted by Crippen LogP contribution is -2.12. The number of aromatic nitrogens is 2. The van der Waals surface area contributed by atoms with Crippen molar-refractivity contribution in [2.24, 2.45) is 0 Å². The average molecular weight is 380 g/mol. The zero-order valence-electron chi connectivity index (χ0n) is 10.3. The standard InChI is InChI=1S/C13H10BrCl2FN2O/c14-9-8(15)5-7-11(10(9)17)18-13(16)19-12(7)20-6-3-1-2-4-6/h5-6H,1-4H2. The Morgan fingerprint density at radius 3 is 2.65 bits per heavy atom. The highest BCUT2D eigenvalue weighted by Gasteiger charge is 2.21. The monoisotopic (exact) mass is 378 g/mol. The predicted octanol–water partition coefficient (Wildman–Crippen LogP) is 5.16. The molecule has 0 atom stereocenters. The van der Waals surface area contributed by atoms with E-state index in [0.717, 1.165) is 25.7 Å². The van der Waals surface area contributed by atoms with Crippen LogP contribution in [0.4, 0.5) is 4.39 Å². The van der Waals surface area contributed by atoms with Gasteiger partial charge in [-0.05, 0) is 59.3 Å². The summed E-state index contributed by atoms with van der Waals surface area (Å²) in [4.78, 5) is 7.99. The van der Waals surface area contributed by atoms with Gasteiger partial charge in [-0.25, -0.2) is 9.37 Å². The fourth-order valence-corrected chi connectivity index (χ4v) is 3.03. The molecule has 2 aromatic rings. The molecule has 3 rings (SSSR count). The first-order chi connectivity index (χ1) is 9.56. The first-order valence-electron chi connectivity index (χ1n) is 6.23. The van der Waals surface area contributed by atoms with E-state index in [9.17, 15) is 4.39 Å². The Hall–Kier alpha value is -0.650. The van der Waals surface area contributed by atoms with Gasteiger partial charge in [-0.3, -0.25) is 0 Å². The molecule has 0 bridgehead atoms. The SMILES string of the molecule is Fc1c(Br)c(Cl)cc2c(OC3CCCC3)nc(Cl)nc12. The number of nitrogens with zero attached hydrogens (tertiary/aromatic N) is 2. The van der Waals surface area contributed by atoms with E-state index < -0.39 is 5.82 Å². The van der Waals surface area contributed by atoms with Crippen LogP contribution in [0.25, 0.3) is 10.9 Å². The average Bonchev–Trinajstić information content (AvgIpc) is 2.91. The number of rotatable bonds is 2. The third-order valence-electron chi connectivity index (χ3n) is 3.35. The van der Waals surface area contributed by atoms with Crippen LogP contribution in [-0.4, -0.2) is 16.1 Å². The van der Waals surface area contributed by atoms with E-state index >= 15 is 0 Å². The Balaban J connectivity index is 2.15. The maximum absolute atomic E-state index is 14.2. The second-order valence-electron chi connectivity index (χ2n) is 4.70. The molecule has 0 spiro atoms. The zero-order valence-corrected chi connectivity index (χ0v) is 13.4. The molecule has 1 aromatic carbocycles. The smallest absolute Gasteiger partial charge is 0.226 e. The molecule has 0 amide bonds. The predicted molar refractivity (Wildman–Crippen MR) is 80.1 cm³/mol. The number of hydrogen-bond donors (Lipinski definition) is 0. The maximum Gasteiger partial charge on any atom is 0.226 e. The van der Waals surface area contributed by atoms with Crippen molar-refractivity contribution in [3.63, 3.8) is 0 Å². The van der Waals surface area contributed by atoms with Crippen molar-refractivity contribution >= 4 is 50.0 Å². The third-order valence-corrected chi connectivity index (χ3v) is 4.82. The molecule has 1 aromatic heterocycles. The van der Waals surface area contributed by atoms with E-state index in [1.165, 1.54) is 0 Å². The molecule has 0 aliphatic heterocycles. The molecule has 20 heavy (non-hydrogen) atoms. The molecule has 1 saturated carbocycles. The van der Waals surface area contributed by atoms with Gasteiger partial charge < -0.3 is 4.74 Å². The largest absolute Gasteiger partial charge is 0.474 e. The molecule has 0 radical (unpaired) electrons. The number of halogens is 4. The highest BCUT2D eigenvalue weighted by atomic mass is 79.9. The number of benzene rings is 1. The molecular formula is C13H10BrCl2FN2O. The van der Waals surface area contributed by atoms with Crippen molar-refractivity contribution in [3.8, 4) is 5.88 Å². The van der Waals surface area contributed by atoms with Crippen LogP contribution in [0, 0.1) is 5.82 Å². The first-order valence-corrected chi connectivity index (χ1v) is 7.78. The lowest BCUT2D eigenvalue weighted by Gasteiger charge is -2.14. The van der Waals surface area contributed by atoms with Gasteiger partial charge in [-0.1, -0.05) is 11.6 Å². The molecular weight excluding hydrogens is 370 g/mol. The van der Waals surface area contributed by atoms with Gasteiger partial charge in [0.2, 0.25) is 11.2 Å². The molecule has 1 fully saturated rings. The minimum absolute atomic E-state index is 0.0429.